The summed E-state index contributed by atoms with van der Waals surface area (Å²) >= 11 is 0. The summed E-state index contributed by atoms with van der Waals surface area (Å²) in [6.07, 6.45) is 3.20. The van der Waals surface area contributed by atoms with E-state index < -0.39 is 0 Å². The van der Waals surface area contributed by atoms with Crippen LogP contribution in [-0.2, 0) is 42.2 Å². The van der Waals surface area contributed by atoms with Crippen molar-refractivity contribution in [2.24, 2.45) is 11.8 Å². The summed E-state index contributed by atoms with van der Waals surface area (Å²) in [4.78, 5) is 13.9. The SMILES string of the molecule is COC(=O)C1CCC(CN2CC[N-]CC2)C1.[Y]. The van der Waals surface area contributed by atoms with Crippen LogP contribution in [0.25, 0.3) is 5.32 Å². The zero-order valence-electron chi connectivity index (χ0n) is 10.6. The minimum Gasteiger partial charge on any atom is -0.660 e. The number of esters is 1. The normalized spacial score (nSPS) is 29.7. The number of ether oxygens (including phenoxy) is 1. The number of methoxy groups -OCH3 is 1. The third kappa shape index (κ3) is 4.58. The Morgan fingerprint density at radius 2 is 2.06 bits per heavy atom. The molecule has 1 aliphatic carbocycles. The van der Waals surface area contributed by atoms with Crippen molar-refractivity contribution in [1.29, 1.82) is 0 Å². The van der Waals surface area contributed by atoms with Gasteiger partial charge in [0.15, 0.2) is 0 Å². The minimum absolute atomic E-state index is 0. The predicted octanol–water partition coefficient (Wildman–Crippen LogP) is 1.26. The summed E-state index contributed by atoms with van der Waals surface area (Å²) in [7, 11) is 1.49. The Morgan fingerprint density at radius 1 is 1.35 bits per heavy atom. The molecule has 2 fully saturated rings. The molecule has 2 atom stereocenters. The van der Waals surface area contributed by atoms with Crippen LogP contribution < -0.4 is 0 Å². The first-order chi connectivity index (χ1) is 7.79. The Labute approximate surface area is 129 Å². The number of carbonyl (C=O) groups is 1. The predicted molar refractivity (Wildman–Crippen MR) is 62.4 cm³/mol. The fourth-order valence-corrected chi connectivity index (χ4v) is 2.82. The summed E-state index contributed by atoms with van der Waals surface area (Å²) < 4.78 is 4.80. The first-order valence-corrected chi connectivity index (χ1v) is 6.23. The molecular weight excluding hydrogens is 293 g/mol. The van der Waals surface area contributed by atoms with Gasteiger partial charge < -0.3 is 15.0 Å². The first kappa shape index (κ1) is 15.6. The van der Waals surface area contributed by atoms with E-state index in [-0.39, 0.29) is 44.6 Å². The Bertz CT molecular complexity index is 245. The van der Waals surface area contributed by atoms with Crippen molar-refractivity contribution in [2.45, 2.75) is 19.3 Å². The zero-order chi connectivity index (χ0) is 11.4. The van der Waals surface area contributed by atoms with Crippen LogP contribution in [0.1, 0.15) is 19.3 Å². The van der Waals surface area contributed by atoms with Crippen molar-refractivity contribution in [2.75, 3.05) is 39.8 Å². The second-order valence-electron chi connectivity index (χ2n) is 4.87. The van der Waals surface area contributed by atoms with Gasteiger partial charge >= 0.3 is 5.97 Å². The maximum absolute atomic E-state index is 11.4. The Morgan fingerprint density at radius 3 is 2.71 bits per heavy atom. The quantitative estimate of drug-likeness (QED) is 0.737. The molecule has 0 N–H and O–H groups in total. The van der Waals surface area contributed by atoms with Gasteiger partial charge in [0.2, 0.25) is 0 Å². The molecule has 4 nitrogen and oxygen atoms in total. The van der Waals surface area contributed by atoms with Crippen LogP contribution in [0.2, 0.25) is 0 Å². The first-order valence-electron chi connectivity index (χ1n) is 6.23. The molecule has 0 amide bonds. The molecule has 2 unspecified atom stereocenters. The summed E-state index contributed by atoms with van der Waals surface area (Å²) in [5, 5.41) is 4.34. The van der Waals surface area contributed by atoms with E-state index in [4.69, 9.17) is 4.74 Å². The van der Waals surface area contributed by atoms with Crippen LogP contribution in [0.15, 0.2) is 0 Å². The van der Waals surface area contributed by atoms with Crippen molar-refractivity contribution >= 4 is 5.97 Å². The molecule has 1 saturated heterocycles. The monoisotopic (exact) mass is 314 g/mol. The number of hydrogen-bond acceptors (Lipinski definition) is 3. The fraction of sp³-hybridized carbons (Fsp3) is 0.917. The summed E-state index contributed by atoms with van der Waals surface area (Å²) in [5.74, 6) is 0.822. The van der Waals surface area contributed by atoms with Crippen molar-refractivity contribution < 1.29 is 42.2 Å². The van der Waals surface area contributed by atoms with Gasteiger partial charge in [0.05, 0.1) is 13.0 Å². The number of rotatable bonds is 3. The average Bonchev–Trinajstić information content (AvgIpc) is 2.78. The molecule has 1 radical (unpaired) electrons. The van der Waals surface area contributed by atoms with Crippen LogP contribution in [0.3, 0.4) is 0 Å². The smallest absolute Gasteiger partial charge is 0.308 e. The Balaban J connectivity index is 0.00000144. The van der Waals surface area contributed by atoms with Gasteiger partial charge in [-0.2, -0.15) is 0 Å². The number of piperazine rings is 1. The van der Waals surface area contributed by atoms with Gasteiger partial charge in [0.25, 0.3) is 0 Å². The summed E-state index contributed by atoms with van der Waals surface area (Å²) in [6.45, 7) is 5.29. The average molecular weight is 314 g/mol. The molecule has 5 heteroatoms. The summed E-state index contributed by atoms with van der Waals surface area (Å²) in [5.41, 5.74) is 0. The van der Waals surface area contributed by atoms with E-state index in [1.165, 1.54) is 13.5 Å². The molecule has 1 saturated carbocycles. The molecule has 1 heterocycles. The van der Waals surface area contributed by atoms with Crippen LogP contribution in [0.4, 0.5) is 0 Å². The maximum Gasteiger partial charge on any atom is 0.308 e. The second-order valence-corrected chi connectivity index (χ2v) is 4.87. The molecule has 0 aromatic carbocycles. The van der Waals surface area contributed by atoms with Crippen molar-refractivity contribution in [3.05, 3.63) is 5.32 Å². The Kier molecular flexibility index (Phi) is 7.16. The topological polar surface area (TPSA) is 43.6 Å². The third-order valence-corrected chi connectivity index (χ3v) is 3.74. The van der Waals surface area contributed by atoms with E-state index in [1.807, 2.05) is 0 Å². The molecule has 17 heavy (non-hydrogen) atoms. The maximum atomic E-state index is 11.4. The molecule has 0 bridgehead atoms. The molecule has 95 valence electrons. The van der Waals surface area contributed by atoms with Crippen molar-refractivity contribution in [3.8, 4) is 0 Å². The molecule has 1 aliphatic heterocycles. The van der Waals surface area contributed by atoms with Gasteiger partial charge in [-0.3, -0.25) is 4.79 Å². The molecule has 2 aliphatic rings. The fourth-order valence-electron chi connectivity index (χ4n) is 2.82. The van der Waals surface area contributed by atoms with Crippen LogP contribution in [-0.4, -0.2) is 50.7 Å². The van der Waals surface area contributed by atoms with Gasteiger partial charge in [0.1, 0.15) is 0 Å². The van der Waals surface area contributed by atoms with Crippen molar-refractivity contribution in [1.82, 2.24) is 4.90 Å². The van der Waals surface area contributed by atoms with Crippen LogP contribution in [0, 0.1) is 11.8 Å². The van der Waals surface area contributed by atoms with Gasteiger partial charge in [-0.05, 0) is 38.3 Å². The number of hydrogen-bond donors (Lipinski definition) is 0. The van der Waals surface area contributed by atoms with E-state index in [2.05, 4.69) is 10.2 Å². The molecule has 2 rings (SSSR count). The summed E-state index contributed by atoms with van der Waals surface area (Å²) in [6, 6.07) is 0. The number of carbonyl (C=O) groups excluding carboxylic acids is 1. The van der Waals surface area contributed by atoms with E-state index in [1.54, 1.807) is 0 Å². The molecule has 0 spiro atoms. The zero-order valence-corrected chi connectivity index (χ0v) is 13.4. The van der Waals surface area contributed by atoms with E-state index in [0.717, 1.165) is 45.6 Å². The third-order valence-electron chi connectivity index (χ3n) is 3.74. The van der Waals surface area contributed by atoms with Crippen LogP contribution in [0.5, 0.6) is 0 Å². The molecular formula is C12H21N2O2Y-. The largest absolute Gasteiger partial charge is 0.660 e. The van der Waals surface area contributed by atoms with Gasteiger partial charge in [-0.1, -0.05) is 0 Å². The van der Waals surface area contributed by atoms with Crippen LogP contribution >= 0.6 is 0 Å². The van der Waals surface area contributed by atoms with Gasteiger partial charge in [0, 0.05) is 39.3 Å². The molecule has 0 aromatic heterocycles. The van der Waals surface area contributed by atoms with E-state index in [9.17, 15) is 4.79 Å². The van der Waals surface area contributed by atoms with Gasteiger partial charge in [-0.25, -0.2) is 0 Å². The second kappa shape index (κ2) is 7.83. The van der Waals surface area contributed by atoms with E-state index in [0.29, 0.717) is 5.92 Å². The Hall–Kier alpha value is 0.494. The van der Waals surface area contributed by atoms with Gasteiger partial charge in [-0.15, -0.1) is 13.1 Å². The molecule has 0 aromatic rings. The minimum atomic E-state index is -0.0175. The standard InChI is InChI=1S/C12H21N2O2.Y/c1-16-12(15)11-3-2-10(8-11)9-14-6-4-13-5-7-14;/h10-11H,2-9H2,1H3;/q-1;. The number of nitrogens with zero attached hydrogens (tertiary/aromatic N) is 2. The van der Waals surface area contributed by atoms with Crippen molar-refractivity contribution in [3.63, 3.8) is 0 Å². The van der Waals surface area contributed by atoms with E-state index >= 15 is 0 Å².